The van der Waals surface area contributed by atoms with Crippen LogP contribution in [0.15, 0.2) is 41.2 Å². The summed E-state index contributed by atoms with van der Waals surface area (Å²) in [6, 6.07) is 11.7. The molecular weight excluding hydrogens is 290 g/mol. The molecule has 0 spiro atoms. The van der Waals surface area contributed by atoms with Crippen LogP contribution in [0.25, 0.3) is 5.65 Å². The van der Waals surface area contributed by atoms with Crippen molar-refractivity contribution in [3.05, 3.63) is 58.0 Å². The largest absolute Gasteiger partial charge is 0.364 e. The number of anilines is 1. The van der Waals surface area contributed by atoms with Gasteiger partial charge in [0.15, 0.2) is 5.65 Å². The number of hydrogen-bond donors (Lipinski definition) is 2. The predicted molar refractivity (Wildman–Crippen MR) is 79.8 cm³/mol. The number of nitrogens with one attached hydrogen (secondary N) is 2. The lowest BCUT2D eigenvalue weighted by Crippen LogP contribution is -2.19. The van der Waals surface area contributed by atoms with Crippen molar-refractivity contribution in [1.29, 1.82) is 0 Å². The summed E-state index contributed by atoms with van der Waals surface area (Å²) in [7, 11) is 0. The van der Waals surface area contributed by atoms with Crippen molar-refractivity contribution < 1.29 is 0 Å². The maximum absolute atomic E-state index is 11.6. The number of hydrogen-bond acceptors (Lipinski definition) is 4. The summed E-state index contributed by atoms with van der Waals surface area (Å²) in [5.74, 6) is 0.596. The minimum absolute atomic E-state index is 0.0181. The average molecular weight is 302 g/mol. The topological polar surface area (TPSA) is 75.1 Å². The van der Waals surface area contributed by atoms with Gasteiger partial charge >= 0.3 is 5.69 Å². The summed E-state index contributed by atoms with van der Waals surface area (Å²) in [6.07, 6.45) is 0.823. The molecule has 2 unspecified atom stereocenters. The fourth-order valence-corrected chi connectivity index (χ4v) is 3.12. The van der Waals surface area contributed by atoms with E-state index in [9.17, 15) is 4.79 Å². The zero-order valence-corrected chi connectivity index (χ0v) is 11.7. The van der Waals surface area contributed by atoms with E-state index < -0.39 is 0 Å². The summed E-state index contributed by atoms with van der Waals surface area (Å²) in [6.45, 7) is 0. The number of nitrogens with zero attached hydrogens (tertiary/aromatic N) is 3. The lowest BCUT2D eigenvalue weighted by molar-refractivity contribution is 0.756. The Labute approximate surface area is 124 Å². The number of rotatable bonds is 2. The van der Waals surface area contributed by atoms with E-state index in [0.717, 1.165) is 6.42 Å². The average Bonchev–Trinajstić information content (AvgIpc) is 3.01. The van der Waals surface area contributed by atoms with Gasteiger partial charge in [0.05, 0.1) is 11.4 Å². The lowest BCUT2D eigenvalue weighted by atomic mass is 10.1. The van der Waals surface area contributed by atoms with Crippen molar-refractivity contribution in [3.63, 3.8) is 0 Å². The Balaban J connectivity index is 1.71. The van der Waals surface area contributed by atoms with Gasteiger partial charge in [0.1, 0.15) is 5.82 Å². The van der Waals surface area contributed by atoms with Crippen LogP contribution in [0.4, 0.5) is 5.82 Å². The highest BCUT2D eigenvalue weighted by molar-refractivity contribution is 6.21. The Morgan fingerprint density at radius 3 is 3.05 bits per heavy atom. The molecule has 2 atom stereocenters. The van der Waals surface area contributed by atoms with E-state index in [1.165, 1.54) is 15.6 Å². The molecule has 0 radical (unpaired) electrons. The molecule has 0 bridgehead atoms. The van der Waals surface area contributed by atoms with E-state index in [-0.39, 0.29) is 17.1 Å². The maximum Gasteiger partial charge on any atom is 0.364 e. The second-order valence-corrected chi connectivity index (χ2v) is 5.62. The highest BCUT2D eigenvalue weighted by atomic mass is 35.5. The number of H-pyrrole nitrogens is 1. The summed E-state index contributed by atoms with van der Waals surface area (Å²) >= 11 is 6.44. The number of aromatic nitrogens is 4. The fraction of sp³-hybridized carbons (Fsp3) is 0.214. The Kier molecular flexibility index (Phi) is 2.71. The summed E-state index contributed by atoms with van der Waals surface area (Å²) in [5.41, 5.74) is 2.55. The highest BCUT2D eigenvalue weighted by Gasteiger charge is 2.30. The molecule has 1 aromatic carbocycles. The second-order valence-electron chi connectivity index (χ2n) is 5.06. The minimum Gasteiger partial charge on any atom is -0.360 e. The molecule has 6 nitrogen and oxygen atoms in total. The first-order chi connectivity index (χ1) is 10.2. The van der Waals surface area contributed by atoms with Gasteiger partial charge in [-0.25, -0.2) is 9.89 Å². The molecule has 2 N–H and O–H groups in total. The zero-order chi connectivity index (χ0) is 14.4. The van der Waals surface area contributed by atoms with Crippen LogP contribution in [0.3, 0.4) is 0 Å². The first-order valence-electron chi connectivity index (χ1n) is 6.65. The number of aromatic amines is 1. The van der Waals surface area contributed by atoms with Gasteiger partial charge in [-0.1, -0.05) is 24.3 Å². The lowest BCUT2D eigenvalue weighted by Gasteiger charge is -2.17. The van der Waals surface area contributed by atoms with Crippen LogP contribution in [0.2, 0.25) is 0 Å². The van der Waals surface area contributed by atoms with Gasteiger partial charge in [0.2, 0.25) is 0 Å². The van der Waals surface area contributed by atoms with E-state index in [2.05, 4.69) is 32.7 Å². The van der Waals surface area contributed by atoms with Crippen molar-refractivity contribution in [2.24, 2.45) is 0 Å². The number of halogens is 1. The third-order valence-corrected chi connectivity index (χ3v) is 4.15. The third kappa shape index (κ3) is 1.99. The van der Waals surface area contributed by atoms with Gasteiger partial charge in [-0.2, -0.15) is 9.61 Å². The normalized spacial score (nSPS) is 20.6. The van der Waals surface area contributed by atoms with Crippen molar-refractivity contribution in [2.75, 3.05) is 5.32 Å². The molecule has 0 fully saturated rings. The van der Waals surface area contributed by atoms with Crippen LogP contribution in [0.1, 0.15) is 17.2 Å². The van der Waals surface area contributed by atoms with Crippen LogP contribution < -0.4 is 11.0 Å². The maximum atomic E-state index is 11.6. The molecule has 21 heavy (non-hydrogen) atoms. The molecular formula is C14H12ClN5O. The zero-order valence-electron chi connectivity index (χ0n) is 11.0. The highest BCUT2D eigenvalue weighted by Crippen LogP contribution is 2.36. The Hall–Kier alpha value is -2.34. The van der Waals surface area contributed by atoms with E-state index in [1.807, 2.05) is 12.1 Å². The Bertz CT molecular complexity index is 871. The van der Waals surface area contributed by atoms with Crippen LogP contribution in [-0.4, -0.2) is 25.2 Å². The Morgan fingerprint density at radius 1 is 1.29 bits per heavy atom. The molecule has 1 aliphatic rings. The van der Waals surface area contributed by atoms with Crippen LogP contribution in [0, 0.1) is 0 Å². The molecule has 0 saturated carbocycles. The van der Waals surface area contributed by atoms with E-state index in [4.69, 9.17) is 11.6 Å². The minimum atomic E-state index is -0.358. The standard InChI is InChI=1S/C14H12ClN5O/c15-10-7-8-3-1-2-4-9(8)13(10)16-11-5-6-12-17-18-14(21)20(12)19-11/h1-6,10,13H,7H2,(H,16,19)(H,18,21). The number of benzene rings is 1. The monoisotopic (exact) mass is 301 g/mol. The van der Waals surface area contributed by atoms with Crippen LogP contribution >= 0.6 is 11.6 Å². The summed E-state index contributed by atoms with van der Waals surface area (Å²) in [4.78, 5) is 11.6. The van der Waals surface area contributed by atoms with Crippen LogP contribution in [-0.2, 0) is 6.42 Å². The van der Waals surface area contributed by atoms with Gasteiger partial charge < -0.3 is 5.32 Å². The molecule has 2 heterocycles. The fourth-order valence-electron chi connectivity index (χ4n) is 2.75. The van der Waals surface area contributed by atoms with E-state index >= 15 is 0 Å². The Morgan fingerprint density at radius 2 is 2.14 bits per heavy atom. The summed E-state index contributed by atoms with van der Waals surface area (Å²) in [5, 5.41) is 13.7. The van der Waals surface area contributed by atoms with Gasteiger partial charge in [0, 0.05) is 0 Å². The molecule has 0 amide bonds. The van der Waals surface area contributed by atoms with Crippen molar-refractivity contribution >= 4 is 23.1 Å². The van der Waals surface area contributed by atoms with Gasteiger partial charge in [0.25, 0.3) is 0 Å². The third-order valence-electron chi connectivity index (χ3n) is 3.74. The molecule has 4 rings (SSSR count). The first kappa shape index (κ1) is 12.4. The van der Waals surface area contributed by atoms with Crippen molar-refractivity contribution in [1.82, 2.24) is 19.8 Å². The molecule has 2 aromatic heterocycles. The van der Waals surface area contributed by atoms with Crippen molar-refractivity contribution in [2.45, 2.75) is 17.8 Å². The number of fused-ring (bicyclic) bond motifs is 2. The summed E-state index contributed by atoms with van der Waals surface area (Å²) < 4.78 is 1.23. The smallest absolute Gasteiger partial charge is 0.360 e. The second kappa shape index (κ2) is 4.60. The number of alkyl halides is 1. The van der Waals surface area contributed by atoms with Gasteiger partial charge in [-0.3, -0.25) is 0 Å². The van der Waals surface area contributed by atoms with Gasteiger partial charge in [-0.15, -0.1) is 16.7 Å². The molecule has 3 aromatic rings. The molecule has 0 saturated heterocycles. The predicted octanol–water partition coefficient (Wildman–Crippen LogP) is 1.73. The SMILES string of the molecule is O=c1[nH]nc2ccc(NC3c4ccccc4CC3Cl)nn12. The molecule has 0 aliphatic heterocycles. The van der Waals surface area contributed by atoms with Crippen LogP contribution in [0.5, 0.6) is 0 Å². The van der Waals surface area contributed by atoms with Gasteiger partial charge in [-0.05, 0) is 29.7 Å². The van der Waals surface area contributed by atoms with E-state index in [0.29, 0.717) is 11.5 Å². The molecule has 106 valence electrons. The molecule has 1 aliphatic carbocycles. The quantitative estimate of drug-likeness (QED) is 0.707. The van der Waals surface area contributed by atoms with E-state index in [1.54, 1.807) is 12.1 Å². The van der Waals surface area contributed by atoms with Crippen molar-refractivity contribution in [3.8, 4) is 0 Å². The first-order valence-corrected chi connectivity index (χ1v) is 7.09. The molecule has 7 heteroatoms.